The van der Waals surface area contributed by atoms with E-state index in [0.29, 0.717) is 6.04 Å². The number of thiazole rings is 1. The smallest absolute Gasteiger partial charge is 0.183 e. The van der Waals surface area contributed by atoms with E-state index < -0.39 is 0 Å². The molecule has 0 saturated heterocycles. The van der Waals surface area contributed by atoms with Crippen LogP contribution in [0.25, 0.3) is 0 Å². The van der Waals surface area contributed by atoms with E-state index in [1.54, 1.807) is 11.3 Å². The molecule has 1 N–H and O–H groups in total. The van der Waals surface area contributed by atoms with Gasteiger partial charge in [-0.25, -0.2) is 4.98 Å². The molecule has 1 aromatic rings. The second kappa shape index (κ2) is 3.64. The van der Waals surface area contributed by atoms with E-state index >= 15 is 0 Å². The molecular weight excluding hydrogens is 184 g/mol. The molecule has 1 aliphatic heterocycles. The minimum atomic E-state index is 0.452. The third kappa shape index (κ3) is 2.00. The molecule has 13 heavy (non-hydrogen) atoms. The number of hydrogen-bond acceptors (Lipinski definition) is 4. The summed E-state index contributed by atoms with van der Waals surface area (Å²) in [7, 11) is 0. The quantitative estimate of drug-likeness (QED) is 0.789. The first kappa shape index (κ1) is 8.97. The number of ether oxygens (including phenoxy) is 1. The van der Waals surface area contributed by atoms with Gasteiger partial charge in [-0.15, -0.1) is 0 Å². The van der Waals surface area contributed by atoms with Crippen LogP contribution in [0.1, 0.15) is 24.4 Å². The van der Waals surface area contributed by atoms with Crippen molar-refractivity contribution in [2.24, 2.45) is 0 Å². The zero-order chi connectivity index (χ0) is 9.26. The lowest BCUT2D eigenvalue weighted by Crippen LogP contribution is -2.10. The number of anilines is 1. The minimum absolute atomic E-state index is 0.452. The summed E-state index contributed by atoms with van der Waals surface area (Å²) in [6.45, 7) is 5.80. The molecule has 0 atom stereocenters. The number of hydrogen-bond donors (Lipinski definition) is 1. The Kier molecular flexibility index (Phi) is 2.51. The first-order valence-electron chi connectivity index (χ1n) is 4.58. The van der Waals surface area contributed by atoms with Gasteiger partial charge in [-0.05, 0) is 13.8 Å². The van der Waals surface area contributed by atoms with Gasteiger partial charge in [-0.2, -0.15) is 0 Å². The summed E-state index contributed by atoms with van der Waals surface area (Å²) in [6.07, 6.45) is 0.964. The van der Waals surface area contributed by atoms with E-state index in [1.807, 2.05) is 0 Å². The number of fused-ring (bicyclic) bond motifs is 1. The Morgan fingerprint density at radius 1 is 1.54 bits per heavy atom. The zero-order valence-electron chi connectivity index (χ0n) is 7.96. The van der Waals surface area contributed by atoms with Crippen molar-refractivity contribution in [1.29, 1.82) is 0 Å². The molecule has 0 saturated carbocycles. The van der Waals surface area contributed by atoms with Crippen molar-refractivity contribution >= 4 is 16.5 Å². The van der Waals surface area contributed by atoms with Gasteiger partial charge in [0.2, 0.25) is 0 Å². The maximum Gasteiger partial charge on any atom is 0.183 e. The highest BCUT2D eigenvalue weighted by molar-refractivity contribution is 7.15. The van der Waals surface area contributed by atoms with Crippen molar-refractivity contribution in [2.45, 2.75) is 32.9 Å². The van der Waals surface area contributed by atoms with Crippen LogP contribution in [0.2, 0.25) is 0 Å². The molecule has 1 aromatic heterocycles. The van der Waals surface area contributed by atoms with E-state index in [-0.39, 0.29) is 0 Å². The molecule has 4 heteroatoms. The fourth-order valence-corrected chi connectivity index (χ4v) is 2.43. The maximum atomic E-state index is 5.36. The number of rotatable bonds is 2. The molecule has 0 fully saturated rings. The Hall–Kier alpha value is -0.610. The van der Waals surface area contributed by atoms with Gasteiger partial charge in [0.1, 0.15) is 0 Å². The van der Waals surface area contributed by atoms with Crippen LogP contribution >= 0.6 is 11.3 Å². The molecule has 2 rings (SSSR count). The van der Waals surface area contributed by atoms with Crippen LogP contribution in [0.3, 0.4) is 0 Å². The summed E-state index contributed by atoms with van der Waals surface area (Å²) >= 11 is 1.72. The Bertz CT molecular complexity index is 272. The van der Waals surface area contributed by atoms with E-state index in [4.69, 9.17) is 4.74 Å². The second-order valence-corrected chi connectivity index (χ2v) is 4.57. The van der Waals surface area contributed by atoms with E-state index in [9.17, 15) is 0 Å². The lowest BCUT2D eigenvalue weighted by atomic mass is 10.2. The molecule has 3 nitrogen and oxygen atoms in total. The van der Waals surface area contributed by atoms with Gasteiger partial charge in [0.25, 0.3) is 0 Å². The summed E-state index contributed by atoms with van der Waals surface area (Å²) in [4.78, 5) is 5.80. The van der Waals surface area contributed by atoms with Crippen molar-refractivity contribution in [3.8, 4) is 0 Å². The van der Waals surface area contributed by atoms with Crippen LogP contribution in [0.5, 0.6) is 0 Å². The lowest BCUT2D eigenvalue weighted by Gasteiger charge is -2.08. The molecule has 2 heterocycles. The highest BCUT2D eigenvalue weighted by Gasteiger charge is 2.15. The number of aromatic nitrogens is 1. The molecule has 72 valence electrons. The van der Waals surface area contributed by atoms with Crippen LogP contribution in [-0.2, 0) is 17.8 Å². The Morgan fingerprint density at radius 2 is 2.38 bits per heavy atom. The first-order valence-corrected chi connectivity index (χ1v) is 5.40. The third-order valence-corrected chi connectivity index (χ3v) is 2.91. The largest absolute Gasteiger partial charge is 0.375 e. The third-order valence-electron chi connectivity index (χ3n) is 1.91. The number of nitrogens with zero attached hydrogens (tertiary/aromatic N) is 1. The van der Waals surface area contributed by atoms with E-state index in [0.717, 1.165) is 24.8 Å². The normalized spacial score (nSPS) is 15.9. The van der Waals surface area contributed by atoms with Gasteiger partial charge < -0.3 is 10.1 Å². The molecule has 0 aromatic carbocycles. The van der Waals surface area contributed by atoms with Crippen molar-refractivity contribution < 1.29 is 4.74 Å². The van der Waals surface area contributed by atoms with Gasteiger partial charge in [0.15, 0.2) is 5.13 Å². The molecule has 0 aliphatic carbocycles. The predicted octanol–water partition coefficient (Wildman–Crippen LogP) is 2.04. The molecular formula is C9H14N2OS. The molecule has 0 spiro atoms. The zero-order valence-corrected chi connectivity index (χ0v) is 8.78. The SMILES string of the molecule is CC(C)Nc1nc2c(s1)COCC2. The highest BCUT2D eigenvalue weighted by atomic mass is 32.1. The Balaban J connectivity index is 2.15. The van der Waals surface area contributed by atoms with Crippen molar-refractivity contribution in [2.75, 3.05) is 11.9 Å². The van der Waals surface area contributed by atoms with Crippen LogP contribution in [0.15, 0.2) is 0 Å². The molecule has 0 radical (unpaired) electrons. The summed E-state index contributed by atoms with van der Waals surface area (Å²) in [5.41, 5.74) is 1.22. The average Bonchev–Trinajstić information content (AvgIpc) is 2.44. The fraction of sp³-hybridized carbons (Fsp3) is 0.667. The minimum Gasteiger partial charge on any atom is -0.375 e. The second-order valence-electron chi connectivity index (χ2n) is 3.49. The van der Waals surface area contributed by atoms with Crippen LogP contribution in [0.4, 0.5) is 5.13 Å². The summed E-state index contributed by atoms with van der Waals surface area (Å²) in [6, 6.07) is 0.452. The average molecular weight is 198 g/mol. The van der Waals surface area contributed by atoms with Crippen molar-refractivity contribution in [3.05, 3.63) is 10.6 Å². The lowest BCUT2D eigenvalue weighted by molar-refractivity contribution is 0.112. The maximum absolute atomic E-state index is 5.36. The van der Waals surface area contributed by atoms with Gasteiger partial charge in [0, 0.05) is 12.5 Å². The topological polar surface area (TPSA) is 34.2 Å². The summed E-state index contributed by atoms with van der Waals surface area (Å²) < 4.78 is 5.36. The van der Waals surface area contributed by atoms with Crippen LogP contribution in [0, 0.1) is 0 Å². The van der Waals surface area contributed by atoms with Gasteiger partial charge >= 0.3 is 0 Å². The van der Waals surface area contributed by atoms with E-state index in [1.165, 1.54) is 10.6 Å². The fourth-order valence-electron chi connectivity index (χ4n) is 1.33. The first-order chi connectivity index (χ1) is 6.25. The van der Waals surface area contributed by atoms with Crippen LogP contribution < -0.4 is 5.32 Å². The molecule has 0 amide bonds. The van der Waals surface area contributed by atoms with Gasteiger partial charge in [-0.3, -0.25) is 0 Å². The van der Waals surface area contributed by atoms with E-state index in [2.05, 4.69) is 24.1 Å². The molecule has 1 aliphatic rings. The summed E-state index contributed by atoms with van der Waals surface area (Å²) in [5.74, 6) is 0. The van der Waals surface area contributed by atoms with Gasteiger partial charge in [-0.1, -0.05) is 11.3 Å². The Labute approximate surface area is 82.1 Å². The molecule has 0 unspecified atom stereocenters. The monoisotopic (exact) mass is 198 g/mol. The predicted molar refractivity (Wildman–Crippen MR) is 54.2 cm³/mol. The van der Waals surface area contributed by atoms with Crippen molar-refractivity contribution in [3.63, 3.8) is 0 Å². The van der Waals surface area contributed by atoms with Crippen LogP contribution in [-0.4, -0.2) is 17.6 Å². The molecule has 0 bridgehead atoms. The standard InChI is InChI=1S/C9H14N2OS/c1-6(2)10-9-11-7-3-4-12-5-8(7)13-9/h6H,3-5H2,1-2H3,(H,10,11). The van der Waals surface area contributed by atoms with Gasteiger partial charge in [0.05, 0.1) is 23.8 Å². The van der Waals surface area contributed by atoms with Crippen molar-refractivity contribution in [1.82, 2.24) is 4.98 Å². The number of nitrogens with one attached hydrogen (secondary N) is 1. The highest BCUT2D eigenvalue weighted by Crippen LogP contribution is 2.27. The Morgan fingerprint density at radius 3 is 3.08 bits per heavy atom. The summed E-state index contributed by atoms with van der Waals surface area (Å²) in [5, 5.41) is 4.35.